The molecule has 1 aliphatic carbocycles. The highest BCUT2D eigenvalue weighted by Gasteiger charge is 2.33. The third kappa shape index (κ3) is 4.35. The maximum absolute atomic E-state index is 12.7. The molecule has 130 valence electrons. The Bertz CT molecular complexity index is 612. The van der Waals surface area contributed by atoms with E-state index in [0.29, 0.717) is 19.1 Å². The highest BCUT2D eigenvalue weighted by molar-refractivity contribution is 5.81. The van der Waals surface area contributed by atoms with Crippen molar-refractivity contribution in [2.45, 2.75) is 45.2 Å². The summed E-state index contributed by atoms with van der Waals surface area (Å²) in [6.45, 7) is 4.56. The SMILES string of the molecule is Cc1cccc(CN(CC(=O)N2CCCC(C(N)=O)C2)C2CC2)c1. The number of nitrogens with two attached hydrogens (primary N) is 1. The predicted octanol–water partition coefficient (Wildman–Crippen LogP) is 1.68. The molecule has 5 nitrogen and oxygen atoms in total. The van der Waals surface area contributed by atoms with Crippen molar-refractivity contribution in [2.24, 2.45) is 11.7 Å². The molecule has 2 fully saturated rings. The fourth-order valence-corrected chi connectivity index (χ4v) is 3.51. The van der Waals surface area contributed by atoms with Crippen molar-refractivity contribution >= 4 is 11.8 Å². The van der Waals surface area contributed by atoms with Gasteiger partial charge in [0.25, 0.3) is 0 Å². The van der Waals surface area contributed by atoms with Gasteiger partial charge < -0.3 is 10.6 Å². The quantitative estimate of drug-likeness (QED) is 0.863. The van der Waals surface area contributed by atoms with Crippen LogP contribution >= 0.6 is 0 Å². The van der Waals surface area contributed by atoms with Gasteiger partial charge in [0.1, 0.15) is 0 Å². The van der Waals surface area contributed by atoms with Crippen LogP contribution in [0.3, 0.4) is 0 Å². The van der Waals surface area contributed by atoms with Crippen LogP contribution in [0, 0.1) is 12.8 Å². The number of nitrogens with zero attached hydrogens (tertiary/aromatic N) is 2. The van der Waals surface area contributed by atoms with Crippen LogP contribution in [0.2, 0.25) is 0 Å². The summed E-state index contributed by atoms with van der Waals surface area (Å²) in [5, 5.41) is 0. The van der Waals surface area contributed by atoms with Gasteiger partial charge in [-0.2, -0.15) is 0 Å². The van der Waals surface area contributed by atoms with Crippen molar-refractivity contribution in [3.63, 3.8) is 0 Å². The third-order valence-electron chi connectivity index (χ3n) is 5.05. The average Bonchev–Trinajstić information content (AvgIpc) is 3.39. The minimum absolute atomic E-state index is 0.125. The number of carbonyl (C=O) groups excluding carboxylic acids is 2. The van der Waals surface area contributed by atoms with Crippen molar-refractivity contribution in [3.05, 3.63) is 35.4 Å². The maximum Gasteiger partial charge on any atom is 0.236 e. The molecule has 5 heteroatoms. The minimum atomic E-state index is -0.286. The van der Waals surface area contributed by atoms with E-state index in [1.165, 1.54) is 24.0 Å². The fourth-order valence-electron chi connectivity index (χ4n) is 3.51. The molecule has 24 heavy (non-hydrogen) atoms. The molecule has 1 aromatic carbocycles. The van der Waals surface area contributed by atoms with Gasteiger partial charge in [0.05, 0.1) is 12.5 Å². The van der Waals surface area contributed by atoms with Gasteiger partial charge in [0.2, 0.25) is 11.8 Å². The molecule has 1 saturated heterocycles. The number of hydrogen-bond acceptors (Lipinski definition) is 3. The highest BCUT2D eigenvalue weighted by atomic mass is 16.2. The summed E-state index contributed by atoms with van der Waals surface area (Å²) in [5.41, 5.74) is 7.92. The van der Waals surface area contributed by atoms with Gasteiger partial charge >= 0.3 is 0 Å². The van der Waals surface area contributed by atoms with Crippen LogP contribution in [0.1, 0.15) is 36.8 Å². The molecule has 0 radical (unpaired) electrons. The molecule has 3 rings (SSSR count). The zero-order valence-corrected chi connectivity index (χ0v) is 14.4. The van der Waals surface area contributed by atoms with Gasteiger partial charge in [0.15, 0.2) is 0 Å². The molecule has 1 aromatic rings. The Hall–Kier alpha value is -1.88. The van der Waals surface area contributed by atoms with Crippen LogP contribution in [-0.4, -0.2) is 47.3 Å². The first-order valence-corrected chi connectivity index (χ1v) is 8.89. The summed E-state index contributed by atoms with van der Waals surface area (Å²) < 4.78 is 0. The van der Waals surface area contributed by atoms with Crippen molar-refractivity contribution < 1.29 is 9.59 Å². The van der Waals surface area contributed by atoms with Gasteiger partial charge in [-0.15, -0.1) is 0 Å². The molecule has 2 N–H and O–H groups in total. The third-order valence-corrected chi connectivity index (χ3v) is 5.05. The van der Waals surface area contributed by atoms with Gasteiger partial charge in [0, 0.05) is 25.7 Å². The van der Waals surface area contributed by atoms with E-state index in [-0.39, 0.29) is 17.7 Å². The Labute approximate surface area is 143 Å². The first kappa shape index (κ1) is 17.0. The second-order valence-electron chi connectivity index (χ2n) is 7.21. The Kier molecular flexibility index (Phi) is 5.19. The van der Waals surface area contributed by atoms with Gasteiger partial charge in [-0.1, -0.05) is 29.8 Å². The number of carbonyl (C=O) groups is 2. The van der Waals surface area contributed by atoms with E-state index < -0.39 is 0 Å². The molecular formula is C19H27N3O2. The molecule has 2 aliphatic rings. The number of benzene rings is 1. The molecule has 1 heterocycles. The van der Waals surface area contributed by atoms with Crippen molar-refractivity contribution in [1.82, 2.24) is 9.80 Å². The van der Waals surface area contributed by atoms with Crippen LogP contribution in [-0.2, 0) is 16.1 Å². The number of likely N-dealkylation sites (tertiary alicyclic amines) is 1. The minimum Gasteiger partial charge on any atom is -0.369 e. The molecule has 1 unspecified atom stereocenters. The van der Waals surface area contributed by atoms with Crippen LogP contribution in [0.4, 0.5) is 0 Å². The van der Waals surface area contributed by atoms with E-state index in [2.05, 4.69) is 36.1 Å². The van der Waals surface area contributed by atoms with E-state index in [1.807, 2.05) is 4.90 Å². The lowest BCUT2D eigenvalue weighted by atomic mass is 9.97. The molecule has 1 atom stereocenters. The van der Waals surface area contributed by atoms with Crippen LogP contribution < -0.4 is 5.73 Å². The van der Waals surface area contributed by atoms with E-state index in [0.717, 1.165) is 25.9 Å². The van der Waals surface area contributed by atoms with Gasteiger partial charge in [-0.05, 0) is 38.2 Å². The largest absolute Gasteiger partial charge is 0.369 e. The fraction of sp³-hybridized carbons (Fsp3) is 0.579. The summed E-state index contributed by atoms with van der Waals surface area (Å²) in [5.74, 6) is -0.347. The van der Waals surface area contributed by atoms with Crippen LogP contribution in [0.15, 0.2) is 24.3 Å². The monoisotopic (exact) mass is 329 g/mol. The summed E-state index contributed by atoms with van der Waals surface area (Å²) in [6.07, 6.45) is 4.00. The summed E-state index contributed by atoms with van der Waals surface area (Å²) in [7, 11) is 0. The summed E-state index contributed by atoms with van der Waals surface area (Å²) in [6, 6.07) is 8.99. The molecular weight excluding hydrogens is 302 g/mol. The predicted molar refractivity (Wildman–Crippen MR) is 93.1 cm³/mol. The van der Waals surface area contributed by atoms with Gasteiger partial charge in [-0.3, -0.25) is 14.5 Å². The van der Waals surface area contributed by atoms with Crippen molar-refractivity contribution in [1.29, 1.82) is 0 Å². The molecule has 1 saturated carbocycles. The molecule has 0 bridgehead atoms. The second kappa shape index (κ2) is 7.34. The number of piperidine rings is 1. The topological polar surface area (TPSA) is 66.6 Å². The number of hydrogen-bond donors (Lipinski definition) is 1. The number of amides is 2. The van der Waals surface area contributed by atoms with Crippen molar-refractivity contribution in [3.8, 4) is 0 Å². The Morgan fingerprint density at radius 1 is 1.29 bits per heavy atom. The summed E-state index contributed by atoms with van der Waals surface area (Å²) >= 11 is 0. The number of primary amides is 1. The van der Waals surface area contributed by atoms with E-state index in [4.69, 9.17) is 5.73 Å². The summed E-state index contributed by atoms with van der Waals surface area (Å²) in [4.78, 5) is 28.2. The Morgan fingerprint density at radius 2 is 2.08 bits per heavy atom. The zero-order chi connectivity index (χ0) is 17.1. The highest BCUT2D eigenvalue weighted by Crippen LogP contribution is 2.28. The molecule has 0 spiro atoms. The normalized spacial score (nSPS) is 21.1. The zero-order valence-electron chi connectivity index (χ0n) is 14.4. The first-order valence-electron chi connectivity index (χ1n) is 8.89. The standard InChI is InChI=1S/C19H27N3O2/c1-14-4-2-5-15(10-14)11-22(17-7-8-17)13-18(23)21-9-3-6-16(12-21)19(20)24/h2,4-5,10,16-17H,3,6-9,11-13H2,1H3,(H2,20,24). The molecule has 0 aromatic heterocycles. The first-order chi connectivity index (χ1) is 11.5. The van der Waals surface area contributed by atoms with E-state index >= 15 is 0 Å². The molecule has 1 aliphatic heterocycles. The molecule has 2 amide bonds. The lowest BCUT2D eigenvalue weighted by Crippen LogP contribution is -2.47. The smallest absolute Gasteiger partial charge is 0.236 e. The van der Waals surface area contributed by atoms with E-state index in [9.17, 15) is 9.59 Å². The van der Waals surface area contributed by atoms with Crippen LogP contribution in [0.5, 0.6) is 0 Å². The maximum atomic E-state index is 12.7. The Balaban J connectivity index is 1.61. The number of aryl methyl sites for hydroxylation is 1. The van der Waals surface area contributed by atoms with E-state index in [1.54, 1.807) is 0 Å². The van der Waals surface area contributed by atoms with Crippen molar-refractivity contribution in [2.75, 3.05) is 19.6 Å². The lowest BCUT2D eigenvalue weighted by Gasteiger charge is -2.33. The second-order valence-corrected chi connectivity index (χ2v) is 7.21. The van der Waals surface area contributed by atoms with Crippen LogP contribution in [0.25, 0.3) is 0 Å². The average molecular weight is 329 g/mol. The Morgan fingerprint density at radius 3 is 2.75 bits per heavy atom. The number of rotatable bonds is 6. The van der Waals surface area contributed by atoms with Gasteiger partial charge in [-0.25, -0.2) is 0 Å². The lowest BCUT2D eigenvalue weighted by molar-refractivity contribution is -0.136.